The maximum Gasteiger partial charge on any atom is 0.228 e. The lowest BCUT2D eigenvalue weighted by Crippen LogP contribution is -2.38. The fourth-order valence-electron chi connectivity index (χ4n) is 5.05. The number of rotatable bonds is 7. The smallest absolute Gasteiger partial charge is 0.228 e. The summed E-state index contributed by atoms with van der Waals surface area (Å²) in [4.78, 5) is 15.4. The van der Waals surface area contributed by atoms with Gasteiger partial charge in [0.15, 0.2) is 10.9 Å². The monoisotopic (exact) mass is 476 g/mol. The van der Waals surface area contributed by atoms with Crippen LogP contribution in [-0.4, -0.2) is 65.3 Å². The van der Waals surface area contributed by atoms with Crippen molar-refractivity contribution in [1.29, 1.82) is 0 Å². The molecule has 0 spiro atoms. The Kier molecular flexibility index (Phi) is 6.11. The van der Waals surface area contributed by atoms with Crippen molar-refractivity contribution >= 4 is 23.5 Å². The highest BCUT2D eigenvalue weighted by molar-refractivity contribution is 7.99. The first-order valence-electron chi connectivity index (χ1n) is 12.0. The van der Waals surface area contributed by atoms with Crippen molar-refractivity contribution in [2.45, 2.75) is 37.1 Å². The van der Waals surface area contributed by atoms with Crippen LogP contribution < -0.4 is 4.90 Å². The summed E-state index contributed by atoms with van der Waals surface area (Å²) in [6.45, 7) is 4.49. The molecule has 3 aliphatic rings. The van der Waals surface area contributed by atoms with E-state index in [2.05, 4.69) is 56.1 Å². The highest BCUT2D eigenvalue weighted by atomic mass is 32.2. The van der Waals surface area contributed by atoms with Crippen molar-refractivity contribution in [2.24, 2.45) is 0 Å². The van der Waals surface area contributed by atoms with Gasteiger partial charge in [0.25, 0.3) is 0 Å². The first kappa shape index (κ1) is 21.8. The number of benzene rings is 2. The van der Waals surface area contributed by atoms with Crippen molar-refractivity contribution in [2.75, 3.05) is 43.6 Å². The Labute approximate surface area is 203 Å². The molecular formula is C26H28N4O3S. The highest BCUT2D eigenvalue weighted by Gasteiger charge is 2.26. The summed E-state index contributed by atoms with van der Waals surface area (Å²) < 4.78 is 13.5. The maximum atomic E-state index is 13.2. The first-order valence-corrected chi connectivity index (χ1v) is 13.0. The SMILES string of the molecule is O=C(CSc1nnc(N2CCOCC2)n1C[C@H]1CCCO1)c1ccc2c(c1)-c1ccccc1C2. The number of carbonyl (C=O) groups excluding carboxylic acids is 1. The first-order chi connectivity index (χ1) is 16.8. The average Bonchev–Trinajstić information content (AvgIpc) is 3.62. The van der Waals surface area contributed by atoms with Crippen LogP contribution in [0.3, 0.4) is 0 Å². The summed E-state index contributed by atoms with van der Waals surface area (Å²) in [6, 6.07) is 14.6. The van der Waals surface area contributed by atoms with E-state index in [1.807, 2.05) is 6.07 Å². The molecule has 3 aromatic rings. The topological polar surface area (TPSA) is 69.5 Å². The number of hydrogen-bond donors (Lipinski definition) is 0. The lowest BCUT2D eigenvalue weighted by molar-refractivity contribution is 0.0942. The van der Waals surface area contributed by atoms with Crippen molar-refractivity contribution < 1.29 is 14.3 Å². The van der Waals surface area contributed by atoms with Crippen LogP contribution in [0, 0.1) is 0 Å². The Morgan fingerprint density at radius 3 is 2.74 bits per heavy atom. The van der Waals surface area contributed by atoms with E-state index >= 15 is 0 Å². The largest absolute Gasteiger partial charge is 0.378 e. The van der Waals surface area contributed by atoms with E-state index in [1.54, 1.807) is 0 Å². The fraction of sp³-hybridized carbons (Fsp3) is 0.423. The number of ether oxygens (including phenoxy) is 2. The van der Waals surface area contributed by atoms with Gasteiger partial charge in [0.05, 0.1) is 31.6 Å². The van der Waals surface area contributed by atoms with E-state index in [9.17, 15) is 4.79 Å². The normalized spacial score (nSPS) is 19.3. The third-order valence-corrected chi connectivity index (χ3v) is 7.82. The molecule has 1 aliphatic carbocycles. The summed E-state index contributed by atoms with van der Waals surface area (Å²) in [6.07, 6.45) is 3.23. The Morgan fingerprint density at radius 2 is 1.88 bits per heavy atom. The summed E-state index contributed by atoms with van der Waals surface area (Å²) in [7, 11) is 0. The second-order valence-electron chi connectivity index (χ2n) is 9.05. The highest BCUT2D eigenvalue weighted by Crippen LogP contribution is 2.37. The third-order valence-electron chi connectivity index (χ3n) is 6.85. The Balaban J connectivity index is 1.20. The zero-order chi connectivity index (χ0) is 22.9. The summed E-state index contributed by atoms with van der Waals surface area (Å²) in [5, 5.41) is 9.75. The molecule has 34 heavy (non-hydrogen) atoms. The van der Waals surface area contributed by atoms with Gasteiger partial charge in [0, 0.05) is 25.3 Å². The molecule has 0 unspecified atom stereocenters. The molecule has 1 aromatic heterocycles. The van der Waals surface area contributed by atoms with Gasteiger partial charge in [-0.25, -0.2) is 0 Å². The minimum absolute atomic E-state index is 0.108. The van der Waals surface area contributed by atoms with Gasteiger partial charge in [-0.2, -0.15) is 0 Å². The van der Waals surface area contributed by atoms with E-state index in [0.29, 0.717) is 25.5 Å². The number of morpholine rings is 1. The molecule has 2 fully saturated rings. The zero-order valence-corrected chi connectivity index (χ0v) is 19.9. The molecule has 7 nitrogen and oxygen atoms in total. The molecule has 0 radical (unpaired) electrons. The third kappa shape index (κ3) is 4.26. The molecule has 3 heterocycles. The lowest BCUT2D eigenvalue weighted by atomic mass is 10.0. The maximum absolute atomic E-state index is 13.2. The number of carbonyl (C=O) groups is 1. The molecule has 6 rings (SSSR count). The van der Waals surface area contributed by atoms with E-state index < -0.39 is 0 Å². The molecule has 2 aliphatic heterocycles. The number of fused-ring (bicyclic) bond motifs is 3. The number of Topliss-reactive ketones (excluding diaryl/α,β-unsaturated/α-hetero) is 1. The van der Waals surface area contributed by atoms with Gasteiger partial charge in [-0.3, -0.25) is 9.36 Å². The van der Waals surface area contributed by atoms with Gasteiger partial charge >= 0.3 is 0 Å². The zero-order valence-electron chi connectivity index (χ0n) is 19.1. The minimum Gasteiger partial charge on any atom is -0.378 e. The van der Waals surface area contributed by atoms with Crippen LogP contribution >= 0.6 is 11.8 Å². The molecule has 2 aromatic carbocycles. The van der Waals surface area contributed by atoms with Crippen molar-refractivity contribution in [3.8, 4) is 11.1 Å². The Morgan fingerprint density at radius 1 is 1.03 bits per heavy atom. The van der Waals surface area contributed by atoms with Crippen LogP contribution in [0.2, 0.25) is 0 Å². The number of thioether (sulfide) groups is 1. The van der Waals surface area contributed by atoms with Crippen LogP contribution in [0.5, 0.6) is 0 Å². The molecule has 8 heteroatoms. The van der Waals surface area contributed by atoms with Gasteiger partial charge in [-0.15, -0.1) is 10.2 Å². The average molecular weight is 477 g/mol. The number of anilines is 1. The van der Waals surface area contributed by atoms with Crippen molar-refractivity contribution in [3.05, 3.63) is 59.2 Å². The van der Waals surface area contributed by atoms with Gasteiger partial charge in [0.1, 0.15) is 0 Å². The fourth-order valence-corrected chi connectivity index (χ4v) is 5.88. The predicted molar refractivity (Wildman–Crippen MR) is 132 cm³/mol. The standard InChI is InChI=1S/C26H28N4O3S/c31-24(20-8-7-19-14-18-4-1-2-6-22(18)23(19)15-20)17-34-26-28-27-25(29-9-12-32-13-10-29)30(26)16-21-5-3-11-33-21/h1-2,4,6-8,15,21H,3,5,9-14,16-17H2/t21-/m1/s1. The second kappa shape index (κ2) is 9.52. The number of ketones is 1. The van der Waals surface area contributed by atoms with Gasteiger partial charge in [-0.1, -0.05) is 48.2 Å². The predicted octanol–water partition coefficient (Wildman–Crippen LogP) is 3.84. The molecule has 0 saturated carbocycles. The molecule has 0 N–H and O–H groups in total. The number of nitrogens with zero attached hydrogens (tertiary/aromatic N) is 4. The molecule has 2 saturated heterocycles. The van der Waals surface area contributed by atoms with Crippen LogP contribution in [0.4, 0.5) is 5.95 Å². The Bertz CT molecular complexity index is 1200. The van der Waals surface area contributed by atoms with Gasteiger partial charge < -0.3 is 14.4 Å². The molecule has 176 valence electrons. The minimum atomic E-state index is 0.108. The molecule has 0 bridgehead atoms. The Hall–Kier alpha value is -2.68. The van der Waals surface area contributed by atoms with Crippen LogP contribution in [0.1, 0.15) is 34.3 Å². The molecule has 1 atom stereocenters. The van der Waals surface area contributed by atoms with E-state index in [-0.39, 0.29) is 11.9 Å². The second-order valence-corrected chi connectivity index (χ2v) is 9.99. The van der Waals surface area contributed by atoms with Crippen molar-refractivity contribution in [1.82, 2.24) is 14.8 Å². The van der Waals surface area contributed by atoms with Crippen LogP contribution in [0.25, 0.3) is 11.1 Å². The molecular weight excluding hydrogens is 448 g/mol. The van der Waals surface area contributed by atoms with E-state index in [0.717, 1.165) is 55.6 Å². The number of hydrogen-bond acceptors (Lipinski definition) is 7. The van der Waals surface area contributed by atoms with E-state index in [4.69, 9.17) is 9.47 Å². The van der Waals surface area contributed by atoms with Crippen LogP contribution in [-0.2, 0) is 22.4 Å². The quantitative estimate of drug-likeness (QED) is 0.297. The van der Waals surface area contributed by atoms with Gasteiger partial charge in [-0.05, 0) is 47.6 Å². The lowest BCUT2D eigenvalue weighted by Gasteiger charge is -2.28. The summed E-state index contributed by atoms with van der Waals surface area (Å²) >= 11 is 1.46. The molecule has 0 amide bonds. The number of aromatic nitrogens is 3. The summed E-state index contributed by atoms with van der Waals surface area (Å²) in [5.74, 6) is 1.28. The van der Waals surface area contributed by atoms with E-state index in [1.165, 1.54) is 34.0 Å². The van der Waals surface area contributed by atoms with Gasteiger partial charge in [0.2, 0.25) is 5.95 Å². The van der Waals surface area contributed by atoms with Crippen LogP contribution in [0.15, 0.2) is 47.6 Å². The summed E-state index contributed by atoms with van der Waals surface area (Å²) in [5.41, 5.74) is 5.79. The van der Waals surface area contributed by atoms with Crippen molar-refractivity contribution in [3.63, 3.8) is 0 Å².